The van der Waals surface area contributed by atoms with Crippen LogP contribution in [0.1, 0.15) is 17.5 Å². The molecule has 19 heteroatoms. The van der Waals surface area contributed by atoms with Crippen LogP contribution >= 0.6 is 11.3 Å². The number of hydrogen-bond donors (Lipinski definition) is 0. The highest BCUT2D eigenvalue weighted by Gasteiger charge is 2.68. The molecule has 0 aliphatic carbocycles. The van der Waals surface area contributed by atoms with Crippen LogP contribution in [0.5, 0.6) is 0 Å². The Hall–Kier alpha value is -1.21. The maximum absolute atomic E-state index is 12.3. The number of sulfonamides is 2. The van der Waals surface area contributed by atoms with Crippen LogP contribution in [-0.2, 0) is 26.6 Å². The first-order valence-corrected chi connectivity index (χ1v) is 10.8. The van der Waals surface area contributed by atoms with Gasteiger partial charge in [0.1, 0.15) is 6.54 Å². The molecule has 1 rings (SSSR count). The van der Waals surface area contributed by atoms with Gasteiger partial charge < -0.3 is 4.13 Å². The van der Waals surface area contributed by atoms with E-state index in [0.717, 1.165) is 6.54 Å². The monoisotopic (exact) mass is 522 g/mol. The van der Waals surface area contributed by atoms with Crippen LogP contribution in [0.4, 0.5) is 43.9 Å². The Kier molecular flexibility index (Phi) is 8.38. The standard InChI is InChI=1S/C7H12NS.C4F10NO4S2/c1-4-8-5-9-7(3)6(8)2;5-1(6,7)3(11,12)20(16,17)15-21(18,19)4(13,14)2(8,9)10/h5H,4H2,1-3H3;/q+1;-1. The number of hydrogen-bond acceptors (Lipinski definition) is 5. The third-order valence-electron chi connectivity index (χ3n) is 3.14. The highest BCUT2D eigenvalue weighted by Crippen LogP contribution is 2.47. The maximum atomic E-state index is 12.3. The smallest absolute Gasteiger partial charge is 0.425 e. The van der Waals surface area contributed by atoms with Crippen molar-refractivity contribution in [1.82, 2.24) is 0 Å². The molecular formula is C11H12F10N2O4S3. The van der Waals surface area contributed by atoms with Crippen LogP contribution in [0.3, 0.4) is 0 Å². The van der Waals surface area contributed by atoms with Crippen LogP contribution in [0.2, 0.25) is 0 Å². The van der Waals surface area contributed by atoms with Crippen LogP contribution in [0, 0.1) is 13.8 Å². The molecule has 0 fully saturated rings. The SMILES string of the molecule is CC[n+]1csc(C)c1C.O=S(=O)([N-]S(=O)(=O)C(F)(F)C(F)(F)F)C(F)(F)C(F)(F)F. The Labute approximate surface area is 167 Å². The number of thiazole rings is 1. The second-order valence-corrected chi connectivity index (χ2v) is 9.79. The lowest BCUT2D eigenvalue weighted by molar-refractivity contribution is -0.694. The summed E-state index contributed by atoms with van der Waals surface area (Å²) in [4.78, 5) is 1.43. The van der Waals surface area contributed by atoms with E-state index >= 15 is 0 Å². The summed E-state index contributed by atoms with van der Waals surface area (Å²) in [5.41, 5.74) is 3.58. The largest absolute Gasteiger partial charge is 0.467 e. The summed E-state index contributed by atoms with van der Waals surface area (Å²) < 4.78 is 163. The Balaban J connectivity index is 0.000000769. The Morgan fingerprint density at radius 2 is 1.17 bits per heavy atom. The van der Waals surface area contributed by atoms with Gasteiger partial charge in [-0.15, -0.1) is 0 Å². The van der Waals surface area contributed by atoms with Gasteiger partial charge in [0.2, 0.25) is 5.51 Å². The summed E-state index contributed by atoms with van der Waals surface area (Å²) in [7, 11) is -15.2. The summed E-state index contributed by atoms with van der Waals surface area (Å²) in [6, 6.07) is 0. The lowest BCUT2D eigenvalue weighted by Crippen LogP contribution is -2.48. The summed E-state index contributed by atoms with van der Waals surface area (Å²) >= 11 is 1.82. The molecule has 0 radical (unpaired) electrons. The Morgan fingerprint density at radius 1 is 0.833 bits per heavy atom. The van der Waals surface area contributed by atoms with Gasteiger partial charge in [-0.2, -0.15) is 48.5 Å². The molecule has 0 N–H and O–H groups in total. The van der Waals surface area contributed by atoms with E-state index in [1.54, 1.807) is 0 Å². The zero-order valence-corrected chi connectivity index (χ0v) is 17.3. The Bertz CT molecular complexity index is 895. The van der Waals surface area contributed by atoms with E-state index in [4.69, 9.17) is 0 Å². The molecule has 0 aliphatic heterocycles. The van der Waals surface area contributed by atoms with E-state index in [-0.39, 0.29) is 0 Å². The summed E-state index contributed by atoms with van der Waals surface area (Å²) in [6.07, 6.45) is -14.0. The average Bonchev–Trinajstić information content (AvgIpc) is 2.83. The lowest BCUT2D eigenvalue weighted by atomic mass is 10.4. The Morgan fingerprint density at radius 3 is 1.33 bits per heavy atom. The van der Waals surface area contributed by atoms with E-state index in [1.807, 2.05) is 11.3 Å². The van der Waals surface area contributed by atoms with Gasteiger partial charge in [0.15, 0.2) is 25.7 Å². The third kappa shape index (κ3) is 5.72. The molecule has 6 nitrogen and oxygen atoms in total. The topological polar surface area (TPSA) is 86.3 Å². The molecule has 178 valence electrons. The minimum Gasteiger partial charge on any atom is -0.425 e. The van der Waals surface area contributed by atoms with Crippen molar-refractivity contribution in [2.24, 2.45) is 0 Å². The van der Waals surface area contributed by atoms with Gasteiger partial charge in [-0.1, -0.05) is 11.3 Å². The molecule has 30 heavy (non-hydrogen) atoms. The van der Waals surface area contributed by atoms with E-state index in [0.29, 0.717) is 4.13 Å². The predicted molar refractivity (Wildman–Crippen MR) is 82.9 cm³/mol. The summed E-state index contributed by atoms with van der Waals surface area (Å²) in [5, 5.41) is -14.0. The van der Waals surface area contributed by atoms with E-state index in [1.165, 1.54) is 10.6 Å². The zero-order valence-electron chi connectivity index (χ0n) is 14.8. The van der Waals surface area contributed by atoms with Gasteiger partial charge in [0.05, 0.1) is 4.88 Å². The molecule has 0 spiro atoms. The van der Waals surface area contributed by atoms with Gasteiger partial charge in [-0.25, -0.2) is 16.8 Å². The number of aromatic nitrogens is 1. The molecule has 0 saturated carbocycles. The van der Waals surface area contributed by atoms with Crippen LogP contribution in [-0.4, -0.2) is 39.7 Å². The third-order valence-corrected chi connectivity index (χ3v) is 7.48. The lowest BCUT2D eigenvalue weighted by Gasteiger charge is -2.31. The molecule has 0 bridgehead atoms. The number of aryl methyl sites for hydroxylation is 2. The normalized spacial score (nSPS) is 14.3. The molecule has 0 aromatic carbocycles. The molecular weight excluding hydrogens is 510 g/mol. The highest BCUT2D eigenvalue weighted by atomic mass is 32.3. The second-order valence-electron chi connectivity index (χ2n) is 5.20. The van der Waals surface area contributed by atoms with Crippen LogP contribution in [0.15, 0.2) is 5.51 Å². The predicted octanol–water partition coefficient (Wildman–Crippen LogP) is 4.00. The first kappa shape index (κ1) is 28.8. The first-order valence-electron chi connectivity index (χ1n) is 7.02. The second kappa shape index (κ2) is 8.73. The van der Waals surface area contributed by atoms with Crippen molar-refractivity contribution in [2.45, 2.75) is 50.2 Å². The maximum Gasteiger partial charge on any atom is 0.467 e. The number of rotatable bonds is 5. The van der Waals surface area contributed by atoms with Gasteiger partial charge in [0.25, 0.3) is 0 Å². The van der Waals surface area contributed by atoms with E-state index < -0.39 is 42.9 Å². The van der Waals surface area contributed by atoms with Gasteiger partial charge >= 0.3 is 22.9 Å². The van der Waals surface area contributed by atoms with Crippen molar-refractivity contribution < 1.29 is 65.3 Å². The van der Waals surface area contributed by atoms with Crippen LogP contribution in [0.25, 0.3) is 4.13 Å². The van der Waals surface area contributed by atoms with Gasteiger partial charge in [0, 0.05) is 6.92 Å². The molecule has 1 heterocycles. The van der Waals surface area contributed by atoms with Gasteiger partial charge in [-0.05, 0) is 13.8 Å². The number of alkyl halides is 10. The fraction of sp³-hybridized carbons (Fsp3) is 0.727. The minimum absolute atomic E-state index is 0.422. The first-order chi connectivity index (χ1) is 13.0. The number of nitrogens with zero attached hydrogens (tertiary/aromatic N) is 2. The molecule has 0 saturated heterocycles. The minimum atomic E-state index is -7.62. The quantitative estimate of drug-likeness (QED) is 0.432. The van der Waals surface area contributed by atoms with Crippen molar-refractivity contribution in [3.63, 3.8) is 0 Å². The van der Waals surface area contributed by atoms with Crippen molar-refractivity contribution in [3.8, 4) is 0 Å². The van der Waals surface area contributed by atoms with Crippen molar-refractivity contribution in [3.05, 3.63) is 20.2 Å². The van der Waals surface area contributed by atoms with Crippen molar-refractivity contribution in [2.75, 3.05) is 0 Å². The van der Waals surface area contributed by atoms with Gasteiger partial charge in [-0.3, -0.25) is 0 Å². The highest BCUT2D eigenvalue weighted by molar-refractivity contribution is 8.13. The van der Waals surface area contributed by atoms with Crippen molar-refractivity contribution in [1.29, 1.82) is 0 Å². The molecule has 0 aliphatic rings. The molecule has 1 aromatic heterocycles. The average molecular weight is 522 g/mol. The zero-order chi connectivity index (χ0) is 24.6. The molecule has 1 aromatic rings. The fourth-order valence-electron chi connectivity index (χ4n) is 1.34. The van der Waals surface area contributed by atoms with Crippen molar-refractivity contribution >= 4 is 31.4 Å². The van der Waals surface area contributed by atoms with Crippen LogP contribution < -0.4 is 4.57 Å². The van der Waals surface area contributed by atoms with E-state index in [9.17, 15) is 60.7 Å². The fourth-order valence-corrected chi connectivity index (χ4v) is 4.58. The molecule has 0 unspecified atom stereocenters. The summed E-state index contributed by atoms with van der Waals surface area (Å²) in [6.45, 7) is 7.58. The molecule has 0 amide bonds. The molecule has 0 atom stereocenters. The van der Waals surface area contributed by atoms with E-state index in [2.05, 4.69) is 30.8 Å². The summed E-state index contributed by atoms with van der Waals surface area (Å²) in [5.74, 6) is 0. The number of halogens is 10.